The van der Waals surface area contributed by atoms with Crippen LogP contribution >= 0.6 is 11.6 Å². The van der Waals surface area contributed by atoms with E-state index in [4.69, 9.17) is 35.3 Å². The van der Waals surface area contributed by atoms with Crippen LogP contribution in [0.5, 0.6) is 5.75 Å². The van der Waals surface area contributed by atoms with E-state index in [0.29, 0.717) is 30.0 Å². The first-order chi connectivity index (χ1) is 25.1. The lowest BCUT2D eigenvalue weighted by Gasteiger charge is -2.41. The number of halogens is 1. The molecule has 3 aliphatic rings. The fourth-order valence-corrected chi connectivity index (χ4v) is 8.08. The predicted octanol–water partition coefficient (Wildman–Crippen LogP) is 3.02. The Kier molecular flexibility index (Phi) is 13.5. The van der Waals surface area contributed by atoms with Gasteiger partial charge in [-0.2, -0.15) is 0 Å². The SMILES string of the molecule is COc1cc2cc(c1Cl)N(C)C(=O)C[C@H](OC(=O)[C@H](C)N(C)C(=O)CCC[SH](C)(C)=O)[C@@]1(C)O[C@H]1[C@H](C)[C@@H]1C[C@@](O)(NC(=O)O1)[C@H](OC)C#C/C=C(\C)C2. The molecule has 14 nitrogen and oxygen atoms in total. The number of alkyl carbamates (subject to hydrolysis) is 1. The van der Waals surface area contributed by atoms with E-state index in [9.17, 15) is 28.5 Å². The Balaban J connectivity index is 1.73. The highest BCUT2D eigenvalue weighted by Gasteiger charge is 2.64. The van der Waals surface area contributed by atoms with Crippen molar-refractivity contribution in [1.82, 2.24) is 10.2 Å². The molecule has 3 amide bonds. The fraction of sp³-hybridized carbons (Fsp3) is 0.632. The lowest BCUT2D eigenvalue weighted by Crippen LogP contribution is -2.63. The second kappa shape index (κ2) is 17.0. The zero-order valence-corrected chi connectivity index (χ0v) is 34.3. The number of nitrogens with one attached hydrogen (secondary N) is 1. The molecule has 1 aromatic rings. The van der Waals surface area contributed by atoms with Crippen molar-refractivity contribution < 1.29 is 52.2 Å². The molecule has 0 aromatic heterocycles. The summed E-state index contributed by atoms with van der Waals surface area (Å²) in [5.74, 6) is 4.47. The number of benzene rings is 1. The van der Waals surface area contributed by atoms with Crippen LogP contribution in [0.15, 0.2) is 23.8 Å². The summed E-state index contributed by atoms with van der Waals surface area (Å²) in [5, 5.41) is 14.3. The van der Waals surface area contributed by atoms with E-state index < -0.39 is 75.6 Å². The number of rotatable bonds is 9. The molecule has 2 saturated heterocycles. The number of fused-ring (bicyclic) bond motifs is 5. The molecule has 8 atom stereocenters. The van der Waals surface area contributed by atoms with Crippen molar-refractivity contribution in [3.63, 3.8) is 0 Å². The quantitative estimate of drug-likeness (QED) is 0.145. The molecule has 0 saturated carbocycles. The number of epoxide rings is 1. The molecule has 4 bridgehead atoms. The number of carbonyl (C=O) groups is 4. The number of esters is 1. The van der Waals surface area contributed by atoms with Gasteiger partial charge in [-0.3, -0.25) is 19.1 Å². The molecule has 0 unspecified atom stereocenters. The molecule has 2 N–H and O–H groups in total. The minimum Gasteiger partial charge on any atom is -0.495 e. The number of nitrogens with zero attached hydrogens (tertiary/aromatic N) is 2. The Bertz CT molecular complexity index is 1770. The highest BCUT2D eigenvalue weighted by atomic mass is 35.5. The minimum atomic E-state index is -2.32. The maximum atomic E-state index is 14.1. The summed E-state index contributed by atoms with van der Waals surface area (Å²) in [6, 6.07) is 2.49. The molecule has 54 heavy (non-hydrogen) atoms. The number of allylic oxidation sites excluding steroid dienone is 2. The second-order valence-corrected chi connectivity index (χ2v) is 19.1. The number of amides is 3. The number of methoxy groups -OCH3 is 2. The molecular formula is C38H54ClN3O11S. The van der Waals surface area contributed by atoms with Crippen molar-refractivity contribution >= 4 is 51.1 Å². The molecule has 0 radical (unpaired) electrons. The normalized spacial score (nSPS) is 30.6. The number of carbonyl (C=O) groups excluding carboxylic acids is 4. The molecule has 3 heterocycles. The van der Waals surface area contributed by atoms with Gasteiger partial charge in [0.25, 0.3) is 0 Å². The minimum absolute atomic E-state index is 0.0995. The van der Waals surface area contributed by atoms with Gasteiger partial charge in [0.2, 0.25) is 11.8 Å². The third-order valence-electron chi connectivity index (χ3n) is 10.4. The number of aliphatic hydroxyl groups is 1. The second-order valence-electron chi connectivity index (χ2n) is 15.1. The Morgan fingerprint density at radius 3 is 2.57 bits per heavy atom. The van der Waals surface area contributed by atoms with Crippen molar-refractivity contribution in [2.24, 2.45) is 5.92 Å². The Morgan fingerprint density at radius 2 is 1.94 bits per heavy atom. The van der Waals surface area contributed by atoms with Crippen molar-refractivity contribution in [2.45, 2.75) is 102 Å². The van der Waals surface area contributed by atoms with Gasteiger partial charge in [-0.05, 0) is 69.9 Å². The summed E-state index contributed by atoms with van der Waals surface area (Å²) in [6.45, 7) is 6.85. The monoisotopic (exact) mass is 795 g/mol. The molecular weight excluding hydrogens is 742 g/mol. The van der Waals surface area contributed by atoms with Crippen LogP contribution < -0.4 is 15.0 Å². The summed E-state index contributed by atoms with van der Waals surface area (Å²) in [5.41, 5.74) is -1.22. The number of thiol groups is 1. The van der Waals surface area contributed by atoms with E-state index in [-0.39, 0.29) is 30.2 Å². The number of hydrogen-bond donors (Lipinski definition) is 3. The summed E-state index contributed by atoms with van der Waals surface area (Å²) in [6.07, 6.45) is 0.672. The summed E-state index contributed by atoms with van der Waals surface area (Å²) in [4.78, 5) is 56.3. The average molecular weight is 796 g/mol. The molecule has 0 spiro atoms. The summed E-state index contributed by atoms with van der Waals surface area (Å²) < 4.78 is 41.2. The van der Waals surface area contributed by atoms with Gasteiger partial charge in [0.15, 0.2) is 11.8 Å². The van der Waals surface area contributed by atoms with E-state index in [0.717, 1.165) is 11.1 Å². The van der Waals surface area contributed by atoms with Crippen LogP contribution in [0.1, 0.15) is 58.9 Å². The van der Waals surface area contributed by atoms with Gasteiger partial charge in [-0.25, -0.2) is 9.59 Å². The zero-order chi connectivity index (χ0) is 40.3. The maximum Gasteiger partial charge on any atom is 0.409 e. The number of ether oxygens (including phenoxy) is 5. The van der Waals surface area contributed by atoms with Crippen molar-refractivity contribution in [2.75, 3.05) is 51.5 Å². The Labute approximate surface area is 323 Å². The molecule has 300 valence electrons. The molecule has 4 rings (SSSR count). The van der Waals surface area contributed by atoms with Gasteiger partial charge in [0.1, 0.15) is 34.6 Å². The molecule has 16 heteroatoms. The molecule has 1 aromatic carbocycles. The van der Waals surface area contributed by atoms with E-state index in [2.05, 4.69) is 17.2 Å². The van der Waals surface area contributed by atoms with Gasteiger partial charge < -0.3 is 38.6 Å². The van der Waals surface area contributed by atoms with Crippen LogP contribution in [-0.2, 0) is 49.7 Å². The first-order valence-corrected chi connectivity index (χ1v) is 21.0. The smallest absolute Gasteiger partial charge is 0.409 e. The van der Waals surface area contributed by atoms with E-state index >= 15 is 0 Å². The van der Waals surface area contributed by atoms with Crippen LogP contribution in [0.4, 0.5) is 10.5 Å². The van der Waals surface area contributed by atoms with Crippen LogP contribution in [0.25, 0.3) is 0 Å². The molecule has 0 aliphatic carbocycles. The standard InChI is InChI=1S/C38H54ClN3O11S/c1-22-13-11-14-29(50-8)38(47)21-28(51-36(46)40-38)23(2)34-37(4,53-34)30(52-35(45)24(3)41(5)31(43)15-12-16-54(9,10)48)20-32(44)42(6)26-18-25(17-22)19-27(49-7)33(26)39/h13,18-19,23-24,28-30,34,47,54H,12,15-17,20-21H2,1-10H3,(H,40,46)/b22-13+/t23-,24+,28+,29-,30+,34+,37-,38+/m1/s1. The van der Waals surface area contributed by atoms with E-state index in [1.165, 1.54) is 38.0 Å². The predicted molar refractivity (Wildman–Crippen MR) is 205 cm³/mol. The Morgan fingerprint density at radius 1 is 1.26 bits per heavy atom. The third-order valence-corrected chi connectivity index (χ3v) is 12.2. The largest absolute Gasteiger partial charge is 0.495 e. The molecule has 3 aliphatic heterocycles. The highest BCUT2D eigenvalue weighted by molar-refractivity contribution is 8.01. The van der Waals surface area contributed by atoms with Crippen LogP contribution in [0.2, 0.25) is 5.02 Å². The summed E-state index contributed by atoms with van der Waals surface area (Å²) in [7, 11) is 3.57. The maximum absolute atomic E-state index is 14.1. The number of hydrogen-bond acceptors (Lipinski definition) is 11. The number of likely N-dealkylation sites (N-methyl/N-ethyl adjacent to an activating group) is 1. The van der Waals surface area contributed by atoms with Crippen molar-refractivity contribution in [3.05, 3.63) is 34.4 Å². The first kappa shape index (κ1) is 43.1. The van der Waals surface area contributed by atoms with Crippen LogP contribution in [-0.4, -0.2) is 126 Å². The van der Waals surface area contributed by atoms with Gasteiger partial charge in [0.05, 0.1) is 25.3 Å². The van der Waals surface area contributed by atoms with Gasteiger partial charge in [0, 0.05) is 45.7 Å². The Hall–Kier alpha value is -3.68. The van der Waals surface area contributed by atoms with E-state index in [1.54, 1.807) is 51.6 Å². The topological polar surface area (TPSA) is 174 Å². The lowest BCUT2D eigenvalue weighted by molar-refractivity contribution is -0.162. The lowest BCUT2D eigenvalue weighted by atomic mass is 9.83. The van der Waals surface area contributed by atoms with Crippen LogP contribution in [0.3, 0.4) is 0 Å². The van der Waals surface area contributed by atoms with E-state index in [1.807, 2.05) is 6.92 Å². The van der Waals surface area contributed by atoms with Crippen molar-refractivity contribution in [3.8, 4) is 17.6 Å². The average Bonchev–Trinajstić information content (AvgIpc) is 3.79. The van der Waals surface area contributed by atoms with Crippen LogP contribution in [0, 0.1) is 17.8 Å². The fourth-order valence-electron chi connectivity index (χ4n) is 6.84. The van der Waals surface area contributed by atoms with Gasteiger partial charge in [-0.15, -0.1) is 9.93 Å². The number of anilines is 1. The highest BCUT2D eigenvalue weighted by Crippen LogP contribution is 2.49. The summed E-state index contributed by atoms with van der Waals surface area (Å²) >= 11 is 6.74. The first-order valence-electron chi connectivity index (χ1n) is 17.9. The van der Waals surface area contributed by atoms with Crippen molar-refractivity contribution in [1.29, 1.82) is 0 Å². The third kappa shape index (κ3) is 9.94. The molecule has 2 fully saturated rings. The van der Waals surface area contributed by atoms with Gasteiger partial charge >= 0.3 is 12.1 Å². The van der Waals surface area contributed by atoms with Gasteiger partial charge in [-0.1, -0.05) is 35.9 Å². The zero-order valence-electron chi connectivity index (χ0n) is 32.7.